The Morgan fingerprint density at radius 2 is 2.26 bits per heavy atom. The van der Waals surface area contributed by atoms with Crippen LogP contribution in [0.15, 0.2) is 0 Å². The molecule has 1 aliphatic heterocycles. The van der Waals surface area contributed by atoms with E-state index in [-0.39, 0.29) is 17.5 Å². The molecule has 1 aliphatic carbocycles. The molecule has 0 spiro atoms. The molecule has 1 heterocycles. The number of fused-ring (bicyclic) bond motifs is 1. The Morgan fingerprint density at radius 3 is 3.00 bits per heavy atom. The predicted octanol–water partition coefficient (Wildman–Crippen LogP) is 1.79. The molecule has 0 aromatic heterocycles. The molecule has 0 aromatic carbocycles. The van der Waals surface area contributed by atoms with Crippen molar-refractivity contribution in [3.05, 3.63) is 0 Å². The average Bonchev–Trinajstić information content (AvgIpc) is 2.82. The second-order valence-corrected chi connectivity index (χ2v) is 6.06. The SMILES string of the molecule is CC1(C)[C@H](NC(=O)NCCCCC#N)[C@H]2CCO[C@H]21. The Labute approximate surface area is 114 Å². The highest BCUT2D eigenvalue weighted by Crippen LogP contribution is 2.51. The molecule has 0 unspecified atom stereocenters. The third kappa shape index (κ3) is 2.84. The van der Waals surface area contributed by atoms with Crippen molar-refractivity contribution in [2.45, 2.75) is 51.7 Å². The third-order valence-electron chi connectivity index (χ3n) is 4.39. The van der Waals surface area contributed by atoms with Crippen molar-refractivity contribution in [1.82, 2.24) is 10.6 Å². The fraction of sp³-hybridized carbons (Fsp3) is 0.857. The lowest BCUT2D eigenvalue weighted by atomic mass is 9.57. The number of ether oxygens (including phenoxy) is 1. The van der Waals surface area contributed by atoms with Crippen LogP contribution < -0.4 is 10.6 Å². The van der Waals surface area contributed by atoms with Crippen LogP contribution in [0.5, 0.6) is 0 Å². The van der Waals surface area contributed by atoms with Crippen LogP contribution in [0.25, 0.3) is 0 Å². The van der Waals surface area contributed by atoms with Gasteiger partial charge >= 0.3 is 6.03 Å². The first-order chi connectivity index (χ1) is 9.07. The van der Waals surface area contributed by atoms with E-state index in [1.165, 1.54) is 0 Å². The van der Waals surface area contributed by atoms with Gasteiger partial charge in [-0.05, 0) is 19.3 Å². The summed E-state index contributed by atoms with van der Waals surface area (Å²) in [5, 5.41) is 14.3. The highest BCUT2D eigenvalue weighted by molar-refractivity contribution is 5.74. The first-order valence-corrected chi connectivity index (χ1v) is 7.10. The molecule has 2 fully saturated rings. The molecule has 1 saturated carbocycles. The van der Waals surface area contributed by atoms with E-state index in [1.54, 1.807) is 0 Å². The minimum Gasteiger partial charge on any atom is -0.377 e. The molecular weight excluding hydrogens is 242 g/mol. The number of nitriles is 1. The van der Waals surface area contributed by atoms with E-state index in [4.69, 9.17) is 10.00 Å². The van der Waals surface area contributed by atoms with Gasteiger partial charge in [0.15, 0.2) is 0 Å². The van der Waals surface area contributed by atoms with Gasteiger partial charge in [0, 0.05) is 36.9 Å². The maximum atomic E-state index is 11.8. The molecule has 106 valence electrons. The molecule has 0 bridgehead atoms. The van der Waals surface area contributed by atoms with Crippen LogP contribution in [0, 0.1) is 22.7 Å². The van der Waals surface area contributed by atoms with Gasteiger partial charge in [-0.25, -0.2) is 4.79 Å². The van der Waals surface area contributed by atoms with Gasteiger partial charge in [0.05, 0.1) is 12.2 Å². The molecule has 2 N–H and O–H groups in total. The first kappa shape index (κ1) is 14.1. The number of rotatable bonds is 5. The molecule has 2 amide bonds. The topological polar surface area (TPSA) is 74.2 Å². The summed E-state index contributed by atoms with van der Waals surface area (Å²) in [4.78, 5) is 11.8. The van der Waals surface area contributed by atoms with Crippen LogP contribution in [0.2, 0.25) is 0 Å². The van der Waals surface area contributed by atoms with Crippen LogP contribution in [-0.2, 0) is 4.74 Å². The van der Waals surface area contributed by atoms with Gasteiger partial charge in [-0.15, -0.1) is 0 Å². The summed E-state index contributed by atoms with van der Waals surface area (Å²) >= 11 is 0. The van der Waals surface area contributed by atoms with E-state index in [2.05, 4.69) is 30.6 Å². The number of nitrogens with zero attached hydrogens (tertiary/aromatic N) is 1. The number of hydrogen-bond acceptors (Lipinski definition) is 3. The van der Waals surface area contributed by atoms with E-state index in [0.29, 0.717) is 25.0 Å². The van der Waals surface area contributed by atoms with Crippen molar-refractivity contribution in [1.29, 1.82) is 5.26 Å². The Kier molecular flexibility index (Phi) is 4.31. The van der Waals surface area contributed by atoms with Gasteiger partial charge in [0.25, 0.3) is 0 Å². The molecule has 5 nitrogen and oxygen atoms in total. The van der Waals surface area contributed by atoms with Crippen LogP contribution in [-0.4, -0.2) is 31.3 Å². The number of unbranched alkanes of at least 4 members (excludes halogenated alkanes) is 2. The zero-order valence-electron chi connectivity index (χ0n) is 11.7. The van der Waals surface area contributed by atoms with Gasteiger partial charge in [-0.2, -0.15) is 5.26 Å². The fourth-order valence-corrected chi connectivity index (χ4v) is 3.34. The van der Waals surface area contributed by atoms with E-state index in [1.807, 2.05) is 0 Å². The lowest BCUT2D eigenvalue weighted by Crippen LogP contribution is -2.67. The lowest BCUT2D eigenvalue weighted by molar-refractivity contribution is -0.108. The van der Waals surface area contributed by atoms with Crippen LogP contribution in [0.4, 0.5) is 4.79 Å². The Balaban J connectivity index is 1.69. The first-order valence-electron chi connectivity index (χ1n) is 7.10. The normalized spacial score (nSPS) is 30.9. The maximum Gasteiger partial charge on any atom is 0.315 e. The molecule has 0 radical (unpaired) electrons. The van der Waals surface area contributed by atoms with E-state index in [0.717, 1.165) is 25.9 Å². The zero-order chi connectivity index (χ0) is 13.9. The number of urea groups is 1. The van der Waals surface area contributed by atoms with Gasteiger partial charge in [-0.3, -0.25) is 0 Å². The molecule has 2 rings (SSSR count). The summed E-state index contributed by atoms with van der Waals surface area (Å²) in [6.45, 7) is 5.74. The predicted molar refractivity (Wildman–Crippen MR) is 71.4 cm³/mol. The average molecular weight is 265 g/mol. The summed E-state index contributed by atoms with van der Waals surface area (Å²) in [5.74, 6) is 0.472. The van der Waals surface area contributed by atoms with Crippen molar-refractivity contribution in [3.63, 3.8) is 0 Å². The Morgan fingerprint density at radius 1 is 1.47 bits per heavy atom. The van der Waals surface area contributed by atoms with Gasteiger partial charge < -0.3 is 15.4 Å². The van der Waals surface area contributed by atoms with Gasteiger partial charge in [0.1, 0.15) is 0 Å². The minimum atomic E-state index is -0.0969. The fourth-order valence-electron chi connectivity index (χ4n) is 3.34. The second kappa shape index (κ2) is 5.79. The van der Waals surface area contributed by atoms with Crippen LogP contribution in [0.1, 0.15) is 39.5 Å². The second-order valence-electron chi connectivity index (χ2n) is 6.06. The van der Waals surface area contributed by atoms with Crippen LogP contribution >= 0.6 is 0 Å². The molecular formula is C14H23N3O2. The highest BCUT2D eigenvalue weighted by atomic mass is 16.5. The van der Waals surface area contributed by atoms with Crippen molar-refractivity contribution in [3.8, 4) is 6.07 Å². The van der Waals surface area contributed by atoms with Gasteiger partial charge in [-0.1, -0.05) is 13.8 Å². The Hall–Kier alpha value is -1.28. The van der Waals surface area contributed by atoms with E-state index in [9.17, 15) is 4.79 Å². The lowest BCUT2D eigenvalue weighted by Gasteiger charge is -2.54. The Bertz CT molecular complexity index is 375. The number of carbonyl (C=O) groups excluding carboxylic acids is 1. The van der Waals surface area contributed by atoms with Gasteiger partial charge in [0.2, 0.25) is 0 Å². The number of nitrogens with one attached hydrogen (secondary N) is 2. The van der Waals surface area contributed by atoms with Crippen molar-refractivity contribution in [2.24, 2.45) is 11.3 Å². The number of carbonyl (C=O) groups is 1. The summed E-state index contributed by atoms with van der Waals surface area (Å²) in [7, 11) is 0. The zero-order valence-corrected chi connectivity index (χ0v) is 11.7. The summed E-state index contributed by atoms with van der Waals surface area (Å²) < 4.78 is 5.70. The van der Waals surface area contributed by atoms with Crippen molar-refractivity contribution in [2.75, 3.05) is 13.2 Å². The third-order valence-corrected chi connectivity index (χ3v) is 4.39. The van der Waals surface area contributed by atoms with E-state index >= 15 is 0 Å². The van der Waals surface area contributed by atoms with Crippen LogP contribution in [0.3, 0.4) is 0 Å². The maximum absolute atomic E-state index is 11.8. The molecule has 0 aromatic rings. The molecule has 3 atom stereocenters. The largest absolute Gasteiger partial charge is 0.377 e. The van der Waals surface area contributed by atoms with Crippen molar-refractivity contribution >= 4 is 6.03 Å². The quantitative estimate of drug-likeness (QED) is 0.744. The highest BCUT2D eigenvalue weighted by Gasteiger charge is 2.59. The summed E-state index contributed by atoms with van der Waals surface area (Å²) in [5.41, 5.74) is 0.0271. The standard InChI is InChI=1S/C14H23N3O2/c1-14(2)11(10-6-9-19-12(10)14)17-13(18)16-8-5-3-4-7-15/h10-12H,3-6,8-9H2,1-2H3,(H2,16,17,18)/t10-,11-,12-/m1/s1. The monoisotopic (exact) mass is 265 g/mol. The van der Waals surface area contributed by atoms with E-state index < -0.39 is 0 Å². The number of hydrogen-bond donors (Lipinski definition) is 2. The molecule has 19 heavy (non-hydrogen) atoms. The molecule has 5 heteroatoms. The molecule has 1 saturated heterocycles. The minimum absolute atomic E-state index is 0.0271. The number of amides is 2. The summed E-state index contributed by atoms with van der Waals surface area (Å²) in [6, 6.07) is 2.21. The summed E-state index contributed by atoms with van der Waals surface area (Å²) in [6.07, 6.45) is 3.59. The van der Waals surface area contributed by atoms with Crippen molar-refractivity contribution < 1.29 is 9.53 Å². The smallest absolute Gasteiger partial charge is 0.315 e. The molecule has 2 aliphatic rings.